The summed E-state index contributed by atoms with van der Waals surface area (Å²) in [7, 11) is -1.57. The van der Waals surface area contributed by atoms with E-state index in [1.54, 1.807) is 22.8 Å². The average molecular weight is 271 g/mol. The maximum atomic E-state index is 11.7. The van der Waals surface area contributed by atoms with Gasteiger partial charge in [0.25, 0.3) is 0 Å². The number of nitrogens with one attached hydrogen (secondary N) is 1. The number of carbonyl (C=O) groups excluding carboxylic acids is 1. The van der Waals surface area contributed by atoms with Gasteiger partial charge in [-0.1, -0.05) is 6.07 Å². The molecule has 3 nitrogen and oxygen atoms in total. The highest BCUT2D eigenvalue weighted by Crippen LogP contribution is 2.14. The molecule has 0 bridgehead atoms. The Labute approximate surface area is 96.1 Å². The van der Waals surface area contributed by atoms with E-state index in [1.807, 2.05) is 0 Å². The van der Waals surface area contributed by atoms with E-state index in [9.17, 15) is 22.2 Å². The van der Waals surface area contributed by atoms with Crippen molar-refractivity contribution in [1.82, 2.24) is 5.32 Å². The summed E-state index contributed by atoms with van der Waals surface area (Å²) in [6, 6.07) is 3.23. The Morgan fingerprint density at radius 2 is 2.19 bits per heavy atom. The summed E-state index contributed by atoms with van der Waals surface area (Å²) in [4.78, 5) is 11.0. The minimum Gasteiger partial charge on any atom is -0.346 e. The van der Waals surface area contributed by atoms with Gasteiger partial charge in [-0.15, -0.1) is 11.3 Å². The van der Waals surface area contributed by atoms with Gasteiger partial charge < -0.3 is 5.32 Å². The van der Waals surface area contributed by atoms with Gasteiger partial charge in [-0.3, -0.25) is 9.00 Å². The predicted molar refractivity (Wildman–Crippen MR) is 54.7 cm³/mol. The average Bonchev–Trinajstić information content (AvgIpc) is 2.66. The van der Waals surface area contributed by atoms with E-state index in [2.05, 4.69) is 0 Å². The number of rotatable bonds is 4. The van der Waals surface area contributed by atoms with Crippen molar-refractivity contribution >= 4 is 28.0 Å². The summed E-state index contributed by atoms with van der Waals surface area (Å²) in [5.74, 6) is -1.32. The van der Waals surface area contributed by atoms with Crippen molar-refractivity contribution in [3.8, 4) is 0 Å². The van der Waals surface area contributed by atoms with Crippen LogP contribution in [0.4, 0.5) is 13.2 Å². The van der Waals surface area contributed by atoms with Crippen LogP contribution < -0.4 is 5.32 Å². The molecule has 0 unspecified atom stereocenters. The van der Waals surface area contributed by atoms with Gasteiger partial charge in [0.15, 0.2) is 0 Å². The van der Waals surface area contributed by atoms with Crippen LogP contribution in [0.1, 0.15) is 0 Å². The molecule has 0 fully saturated rings. The molecule has 8 heteroatoms. The standard InChI is InChI=1S/C8H8F3NO2S2/c9-8(10,11)5-12-6(13)4-16(14)7-2-1-3-15-7/h1-3H,4-5H2,(H,12,13)/t16-/m1/s1. The van der Waals surface area contributed by atoms with E-state index in [1.165, 1.54) is 11.3 Å². The molecule has 0 aliphatic carbocycles. The number of thiophene rings is 1. The van der Waals surface area contributed by atoms with E-state index in [0.717, 1.165) is 0 Å². The highest BCUT2D eigenvalue weighted by atomic mass is 32.2. The molecule has 1 amide bonds. The molecule has 1 rings (SSSR count). The van der Waals surface area contributed by atoms with Crippen LogP contribution >= 0.6 is 11.3 Å². The monoisotopic (exact) mass is 271 g/mol. The number of halogens is 3. The van der Waals surface area contributed by atoms with Crippen molar-refractivity contribution in [2.24, 2.45) is 0 Å². The van der Waals surface area contributed by atoms with E-state index in [4.69, 9.17) is 0 Å². The first-order valence-electron chi connectivity index (χ1n) is 4.14. The van der Waals surface area contributed by atoms with Crippen LogP contribution in [0.25, 0.3) is 0 Å². The minimum atomic E-state index is -4.44. The highest BCUT2D eigenvalue weighted by molar-refractivity contribution is 7.88. The van der Waals surface area contributed by atoms with Gasteiger partial charge in [-0.25, -0.2) is 0 Å². The molecule has 0 saturated carbocycles. The van der Waals surface area contributed by atoms with Crippen molar-refractivity contribution < 1.29 is 22.2 Å². The van der Waals surface area contributed by atoms with Gasteiger partial charge in [0.1, 0.15) is 12.3 Å². The Morgan fingerprint density at radius 3 is 2.69 bits per heavy atom. The van der Waals surface area contributed by atoms with Gasteiger partial charge in [-0.2, -0.15) is 13.2 Å². The molecule has 1 N–H and O–H groups in total. The quantitative estimate of drug-likeness (QED) is 0.902. The third kappa shape index (κ3) is 4.75. The van der Waals surface area contributed by atoms with Crippen LogP contribution in [-0.4, -0.2) is 28.6 Å². The first kappa shape index (κ1) is 13.2. The van der Waals surface area contributed by atoms with E-state index in [0.29, 0.717) is 4.21 Å². The summed E-state index contributed by atoms with van der Waals surface area (Å²) in [5, 5.41) is 3.34. The van der Waals surface area contributed by atoms with Gasteiger partial charge >= 0.3 is 6.18 Å². The molecular weight excluding hydrogens is 263 g/mol. The molecule has 1 heterocycles. The van der Waals surface area contributed by atoms with Gasteiger partial charge in [0, 0.05) is 0 Å². The Hall–Kier alpha value is -0.890. The van der Waals surface area contributed by atoms with Crippen molar-refractivity contribution in [3.05, 3.63) is 17.5 Å². The maximum Gasteiger partial charge on any atom is 0.405 e. The molecule has 1 aromatic rings. The fourth-order valence-electron chi connectivity index (χ4n) is 0.833. The third-order valence-corrected chi connectivity index (χ3v) is 4.08. The number of hydrogen-bond donors (Lipinski definition) is 1. The zero-order chi connectivity index (χ0) is 12.2. The number of carbonyl (C=O) groups is 1. The summed E-state index contributed by atoms with van der Waals surface area (Å²) < 4.78 is 47.1. The molecule has 0 saturated heterocycles. The Kier molecular flexibility index (Phi) is 4.48. The van der Waals surface area contributed by atoms with Crippen LogP contribution in [0, 0.1) is 0 Å². The molecule has 0 aliphatic rings. The van der Waals surface area contributed by atoms with Crippen LogP contribution in [0.5, 0.6) is 0 Å². The lowest BCUT2D eigenvalue weighted by molar-refractivity contribution is -0.136. The Morgan fingerprint density at radius 1 is 1.50 bits per heavy atom. The van der Waals surface area contributed by atoms with Gasteiger partial charge in [-0.05, 0) is 11.4 Å². The smallest absolute Gasteiger partial charge is 0.346 e. The second kappa shape index (κ2) is 5.44. The number of alkyl halides is 3. The first-order valence-corrected chi connectivity index (χ1v) is 6.33. The summed E-state index contributed by atoms with van der Waals surface area (Å²) in [6.45, 7) is -1.40. The van der Waals surface area contributed by atoms with E-state index in [-0.39, 0.29) is 0 Å². The van der Waals surface area contributed by atoms with Crippen molar-refractivity contribution in [1.29, 1.82) is 0 Å². The SMILES string of the molecule is O=C(C[S@@](=O)c1cccs1)NCC(F)(F)F. The van der Waals surface area contributed by atoms with Gasteiger partial charge in [0.2, 0.25) is 5.91 Å². The molecule has 0 radical (unpaired) electrons. The number of hydrogen-bond acceptors (Lipinski definition) is 3. The molecule has 0 aromatic carbocycles. The highest BCUT2D eigenvalue weighted by Gasteiger charge is 2.27. The molecule has 16 heavy (non-hydrogen) atoms. The fraction of sp³-hybridized carbons (Fsp3) is 0.375. The third-order valence-electron chi connectivity index (χ3n) is 1.47. The molecule has 90 valence electrons. The Bertz CT molecular complexity index is 375. The molecular formula is C8H8F3NO2S2. The zero-order valence-electron chi connectivity index (χ0n) is 7.91. The zero-order valence-corrected chi connectivity index (χ0v) is 9.55. The largest absolute Gasteiger partial charge is 0.405 e. The Balaban J connectivity index is 2.38. The molecule has 0 aliphatic heterocycles. The molecule has 1 aromatic heterocycles. The van der Waals surface area contributed by atoms with Gasteiger partial charge in [0.05, 0.1) is 15.0 Å². The summed E-state index contributed by atoms with van der Waals surface area (Å²) >= 11 is 1.19. The van der Waals surface area contributed by atoms with Crippen LogP contribution in [0.15, 0.2) is 21.7 Å². The molecule has 1 atom stereocenters. The van der Waals surface area contributed by atoms with Crippen molar-refractivity contribution in [3.63, 3.8) is 0 Å². The molecule has 0 spiro atoms. The van der Waals surface area contributed by atoms with Crippen molar-refractivity contribution in [2.45, 2.75) is 10.4 Å². The maximum absolute atomic E-state index is 11.7. The number of amides is 1. The van der Waals surface area contributed by atoms with Crippen LogP contribution in [0.3, 0.4) is 0 Å². The summed E-state index contributed by atoms with van der Waals surface area (Å²) in [5.41, 5.74) is 0. The predicted octanol–water partition coefficient (Wildman–Crippen LogP) is 1.53. The van der Waals surface area contributed by atoms with Crippen molar-refractivity contribution in [2.75, 3.05) is 12.3 Å². The van der Waals surface area contributed by atoms with Crippen LogP contribution in [-0.2, 0) is 15.6 Å². The topological polar surface area (TPSA) is 46.2 Å². The van der Waals surface area contributed by atoms with E-state index < -0.39 is 35.2 Å². The first-order chi connectivity index (χ1) is 7.38. The fourth-order valence-corrected chi connectivity index (χ4v) is 2.77. The lowest BCUT2D eigenvalue weighted by Gasteiger charge is -2.07. The minimum absolute atomic E-state index is 0.448. The normalized spacial score (nSPS) is 13.4. The van der Waals surface area contributed by atoms with Crippen LogP contribution in [0.2, 0.25) is 0 Å². The lowest BCUT2D eigenvalue weighted by Crippen LogP contribution is -2.36. The second-order valence-corrected chi connectivity index (χ2v) is 5.44. The lowest BCUT2D eigenvalue weighted by atomic mass is 10.6. The second-order valence-electron chi connectivity index (χ2n) is 2.81. The van der Waals surface area contributed by atoms with E-state index >= 15 is 0 Å². The summed E-state index contributed by atoms with van der Waals surface area (Å²) in [6.07, 6.45) is -4.44.